The van der Waals surface area contributed by atoms with Crippen molar-refractivity contribution >= 4 is 11.6 Å². The predicted octanol–water partition coefficient (Wildman–Crippen LogP) is 1.13. The molecule has 1 aliphatic rings. The Labute approximate surface area is 108 Å². The number of hydrogen-bond donors (Lipinski definition) is 3. The van der Waals surface area contributed by atoms with Gasteiger partial charge in [-0.3, -0.25) is 4.79 Å². The third-order valence-electron chi connectivity index (χ3n) is 3.33. The highest BCUT2D eigenvalue weighted by Gasteiger charge is 2.12. The van der Waals surface area contributed by atoms with Crippen molar-refractivity contribution in [1.82, 2.24) is 5.32 Å². The Bertz CT molecular complexity index is 383. The second-order valence-corrected chi connectivity index (χ2v) is 4.93. The summed E-state index contributed by atoms with van der Waals surface area (Å²) in [6, 6.07) is 7.92. The molecule has 0 spiro atoms. The van der Waals surface area contributed by atoms with Crippen LogP contribution in [-0.4, -0.2) is 25.5 Å². The van der Waals surface area contributed by atoms with E-state index >= 15 is 0 Å². The number of carbonyl (C=O) groups excluding carboxylic acids is 1. The number of hydrogen-bond acceptors (Lipinski definition) is 3. The summed E-state index contributed by atoms with van der Waals surface area (Å²) >= 11 is 0. The molecule has 4 N–H and O–H groups in total. The molecular formula is C14H21N3O. The maximum atomic E-state index is 10.8. The summed E-state index contributed by atoms with van der Waals surface area (Å²) < 4.78 is 0. The van der Waals surface area contributed by atoms with Crippen LogP contribution in [0.2, 0.25) is 0 Å². The van der Waals surface area contributed by atoms with Crippen LogP contribution in [0.5, 0.6) is 0 Å². The van der Waals surface area contributed by atoms with Gasteiger partial charge in [0.1, 0.15) is 0 Å². The first-order valence-corrected chi connectivity index (χ1v) is 6.56. The van der Waals surface area contributed by atoms with E-state index in [1.807, 2.05) is 24.3 Å². The summed E-state index contributed by atoms with van der Waals surface area (Å²) in [6.45, 7) is 3.26. The molecule has 1 aromatic rings. The molecule has 18 heavy (non-hydrogen) atoms. The number of benzene rings is 1. The topological polar surface area (TPSA) is 67.2 Å². The maximum Gasteiger partial charge on any atom is 0.221 e. The number of rotatable bonds is 5. The molecule has 1 aromatic carbocycles. The molecule has 4 heteroatoms. The molecule has 1 heterocycles. The lowest BCUT2D eigenvalue weighted by Gasteiger charge is -2.23. The molecule has 0 aliphatic carbocycles. The summed E-state index contributed by atoms with van der Waals surface area (Å²) in [5.41, 5.74) is 7.23. The van der Waals surface area contributed by atoms with E-state index in [-0.39, 0.29) is 5.91 Å². The summed E-state index contributed by atoms with van der Waals surface area (Å²) in [5, 5.41) is 6.85. The lowest BCUT2D eigenvalue weighted by molar-refractivity contribution is -0.117. The van der Waals surface area contributed by atoms with Gasteiger partial charge in [0.2, 0.25) is 5.91 Å². The molecule has 1 aliphatic heterocycles. The van der Waals surface area contributed by atoms with Gasteiger partial charge >= 0.3 is 0 Å². The van der Waals surface area contributed by atoms with Crippen LogP contribution in [-0.2, 0) is 11.2 Å². The van der Waals surface area contributed by atoms with Crippen molar-refractivity contribution in [2.45, 2.75) is 19.3 Å². The molecule has 0 radical (unpaired) electrons. The van der Waals surface area contributed by atoms with E-state index in [9.17, 15) is 4.79 Å². The minimum atomic E-state index is -0.288. The summed E-state index contributed by atoms with van der Waals surface area (Å²) in [7, 11) is 0. The maximum absolute atomic E-state index is 10.8. The Kier molecular flexibility index (Phi) is 4.59. The number of nitrogens with two attached hydrogens (primary N) is 1. The molecule has 1 saturated heterocycles. The fourth-order valence-electron chi connectivity index (χ4n) is 2.30. The molecule has 98 valence electrons. The van der Waals surface area contributed by atoms with Gasteiger partial charge < -0.3 is 16.4 Å². The number of piperidine rings is 1. The number of nitrogens with one attached hydrogen (secondary N) is 2. The molecule has 1 amide bonds. The lowest BCUT2D eigenvalue weighted by Crippen LogP contribution is -2.33. The van der Waals surface area contributed by atoms with Crippen molar-refractivity contribution in [1.29, 1.82) is 0 Å². The van der Waals surface area contributed by atoms with Crippen molar-refractivity contribution in [3.63, 3.8) is 0 Å². The quantitative estimate of drug-likeness (QED) is 0.730. The summed E-state index contributed by atoms with van der Waals surface area (Å²) in [5.74, 6) is 0.424. The zero-order valence-corrected chi connectivity index (χ0v) is 10.6. The predicted molar refractivity (Wildman–Crippen MR) is 73.4 cm³/mol. The normalized spacial score (nSPS) is 19.4. The monoisotopic (exact) mass is 247 g/mol. The highest BCUT2D eigenvalue weighted by atomic mass is 16.1. The fourth-order valence-corrected chi connectivity index (χ4v) is 2.30. The van der Waals surface area contributed by atoms with Crippen LogP contribution < -0.4 is 16.4 Å². The van der Waals surface area contributed by atoms with Crippen LogP contribution >= 0.6 is 0 Å². The van der Waals surface area contributed by atoms with Crippen molar-refractivity contribution < 1.29 is 4.79 Å². The molecule has 0 aromatic heterocycles. The van der Waals surface area contributed by atoms with E-state index in [1.165, 1.54) is 12.8 Å². The smallest absolute Gasteiger partial charge is 0.221 e. The van der Waals surface area contributed by atoms with Crippen molar-refractivity contribution in [3.05, 3.63) is 29.8 Å². The van der Waals surface area contributed by atoms with E-state index < -0.39 is 0 Å². The number of anilines is 1. The van der Waals surface area contributed by atoms with Crippen molar-refractivity contribution in [2.75, 3.05) is 25.0 Å². The van der Waals surface area contributed by atoms with Gasteiger partial charge in [-0.1, -0.05) is 12.1 Å². The van der Waals surface area contributed by atoms with Gasteiger partial charge in [-0.15, -0.1) is 0 Å². The molecule has 4 nitrogen and oxygen atoms in total. The van der Waals surface area contributed by atoms with E-state index in [2.05, 4.69) is 10.6 Å². The van der Waals surface area contributed by atoms with Crippen LogP contribution in [0.15, 0.2) is 24.3 Å². The van der Waals surface area contributed by atoms with Gasteiger partial charge in [0.15, 0.2) is 0 Å². The Morgan fingerprint density at radius 1 is 1.39 bits per heavy atom. The highest BCUT2D eigenvalue weighted by molar-refractivity contribution is 5.76. The van der Waals surface area contributed by atoms with Gasteiger partial charge in [-0.25, -0.2) is 0 Å². The molecule has 2 rings (SSSR count). The molecule has 0 saturated carbocycles. The van der Waals surface area contributed by atoms with Gasteiger partial charge in [0, 0.05) is 12.2 Å². The van der Waals surface area contributed by atoms with E-state index in [1.54, 1.807) is 0 Å². The van der Waals surface area contributed by atoms with E-state index in [4.69, 9.17) is 5.73 Å². The van der Waals surface area contributed by atoms with Crippen LogP contribution in [0.25, 0.3) is 0 Å². The largest absolute Gasteiger partial charge is 0.385 e. The second kappa shape index (κ2) is 6.40. The highest BCUT2D eigenvalue weighted by Crippen LogP contribution is 2.14. The fraction of sp³-hybridized carbons (Fsp3) is 0.500. The lowest BCUT2D eigenvalue weighted by atomic mass is 9.99. The third kappa shape index (κ3) is 4.04. The Balaban J connectivity index is 1.80. The molecule has 1 unspecified atom stereocenters. The number of amides is 1. The third-order valence-corrected chi connectivity index (χ3v) is 3.33. The SMILES string of the molecule is NC(=O)Cc1ccc(NCC2CCCNC2)cc1. The molecule has 1 fully saturated rings. The van der Waals surface area contributed by atoms with E-state index in [0.29, 0.717) is 12.3 Å². The van der Waals surface area contributed by atoms with Crippen LogP contribution in [0, 0.1) is 5.92 Å². The number of primary amides is 1. The first kappa shape index (κ1) is 12.9. The minimum absolute atomic E-state index is 0.288. The zero-order valence-electron chi connectivity index (χ0n) is 10.6. The molecule has 1 atom stereocenters. The van der Waals surface area contributed by atoms with Gasteiger partial charge in [-0.2, -0.15) is 0 Å². The molecular weight excluding hydrogens is 226 g/mol. The van der Waals surface area contributed by atoms with Gasteiger partial charge in [0.05, 0.1) is 6.42 Å². The van der Waals surface area contributed by atoms with Crippen molar-refractivity contribution in [2.24, 2.45) is 11.7 Å². The van der Waals surface area contributed by atoms with Gasteiger partial charge in [-0.05, 0) is 49.5 Å². The minimum Gasteiger partial charge on any atom is -0.385 e. The molecule has 0 bridgehead atoms. The Hall–Kier alpha value is -1.55. The average Bonchev–Trinajstić information content (AvgIpc) is 2.38. The number of carbonyl (C=O) groups is 1. The second-order valence-electron chi connectivity index (χ2n) is 4.93. The average molecular weight is 247 g/mol. The van der Waals surface area contributed by atoms with E-state index in [0.717, 1.165) is 30.9 Å². The van der Waals surface area contributed by atoms with Gasteiger partial charge in [0.25, 0.3) is 0 Å². The zero-order chi connectivity index (χ0) is 12.8. The first-order chi connectivity index (χ1) is 8.74. The van der Waals surface area contributed by atoms with Crippen LogP contribution in [0.3, 0.4) is 0 Å². The Morgan fingerprint density at radius 2 is 2.17 bits per heavy atom. The standard InChI is InChI=1S/C14H21N3O/c15-14(18)8-11-3-5-13(6-4-11)17-10-12-2-1-7-16-9-12/h3-6,12,16-17H,1-2,7-10H2,(H2,15,18). The summed E-state index contributed by atoms with van der Waals surface area (Å²) in [6.07, 6.45) is 2.87. The Morgan fingerprint density at radius 3 is 2.78 bits per heavy atom. The first-order valence-electron chi connectivity index (χ1n) is 6.56. The van der Waals surface area contributed by atoms with Crippen LogP contribution in [0.1, 0.15) is 18.4 Å². The summed E-state index contributed by atoms with van der Waals surface area (Å²) in [4.78, 5) is 10.8. The van der Waals surface area contributed by atoms with Crippen molar-refractivity contribution in [3.8, 4) is 0 Å². The van der Waals surface area contributed by atoms with Crippen LogP contribution in [0.4, 0.5) is 5.69 Å².